The van der Waals surface area contributed by atoms with Gasteiger partial charge in [-0.2, -0.15) is 0 Å². The molecule has 0 radical (unpaired) electrons. The van der Waals surface area contributed by atoms with Crippen molar-refractivity contribution in [3.8, 4) is 0 Å². The van der Waals surface area contributed by atoms with Gasteiger partial charge in [-0.15, -0.1) is 0 Å². The van der Waals surface area contributed by atoms with E-state index in [1.165, 1.54) is 7.11 Å². The van der Waals surface area contributed by atoms with Crippen LogP contribution in [0.15, 0.2) is 36.5 Å². The Kier molecular flexibility index (Phi) is 6.68. The molecule has 0 amide bonds. The van der Waals surface area contributed by atoms with Gasteiger partial charge in [0, 0.05) is 20.0 Å². The molecule has 0 heterocycles. The third-order valence-corrected chi connectivity index (χ3v) is 3.30. The van der Waals surface area contributed by atoms with Crippen molar-refractivity contribution in [2.45, 2.75) is 37.9 Å². The minimum absolute atomic E-state index is 0.0500. The maximum Gasteiger partial charge on any atom is 0.305 e. The summed E-state index contributed by atoms with van der Waals surface area (Å²) in [6.45, 7) is 6.59. The summed E-state index contributed by atoms with van der Waals surface area (Å²) in [5, 5.41) is 0. The Balaban J connectivity index is 2.73. The fourth-order valence-electron chi connectivity index (χ4n) is 2.23. The molecule has 4 heteroatoms. The van der Waals surface area contributed by atoms with E-state index in [-0.39, 0.29) is 12.1 Å². The molecule has 0 saturated heterocycles. The smallest absolute Gasteiger partial charge is 0.305 e. The second kappa shape index (κ2) is 8.02. The van der Waals surface area contributed by atoms with Crippen LogP contribution in [0.25, 0.3) is 0 Å². The molecule has 4 nitrogen and oxygen atoms in total. The second-order valence-corrected chi connectivity index (χ2v) is 4.94. The van der Waals surface area contributed by atoms with Gasteiger partial charge >= 0.3 is 5.97 Å². The van der Waals surface area contributed by atoms with Gasteiger partial charge in [0.1, 0.15) is 5.60 Å². The zero-order valence-electron chi connectivity index (χ0n) is 12.6. The lowest BCUT2D eigenvalue weighted by Gasteiger charge is -2.36. The van der Waals surface area contributed by atoms with Crippen LogP contribution in [-0.2, 0) is 19.0 Å². The number of esters is 1. The van der Waals surface area contributed by atoms with E-state index < -0.39 is 5.60 Å². The number of ether oxygens (including phenoxy) is 3. The molecule has 1 aliphatic rings. The highest BCUT2D eigenvalue weighted by Crippen LogP contribution is 2.33. The summed E-state index contributed by atoms with van der Waals surface area (Å²) < 4.78 is 15.9. The van der Waals surface area contributed by atoms with Crippen molar-refractivity contribution in [3.05, 3.63) is 36.5 Å². The molecule has 0 aliphatic heterocycles. The van der Waals surface area contributed by atoms with Gasteiger partial charge in [-0.05, 0) is 25.0 Å². The minimum Gasteiger partial charge on any atom is -0.469 e. The van der Waals surface area contributed by atoms with Gasteiger partial charge < -0.3 is 14.2 Å². The molecular weight excluding hydrogens is 256 g/mol. The van der Waals surface area contributed by atoms with Crippen molar-refractivity contribution in [1.82, 2.24) is 0 Å². The van der Waals surface area contributed by atoms with Crippen molar-refractivity contribution in [2.24, 2.45) is 0 Å². The van der Waals surface area contributed by atoms with Crippen LogP contribution in [0.3, 0.4) is 0 Å². The Hall–Kier alpha value is -1.39. The van der Waals surface area contributed by atoms with Gasteiger partial charge in [0.2, 0.25) is 0 Å². The van der Waals surface area contributed by atoms with Crippen LogP contribution < -0.4 is 0 Å². The van der Waals surface area contributed by atoms with Crippen LogP contribution in [0, 0.1) is 0 Å². The molecule has 112 valence electrons. The average molecular weight is 280 g/mol. The number of carbonyl (C=O) groups is 1. The molecule has 2 unspecified atom stereocenters. The number of rotatable bonds is 8. The normalized spacial score (nSPS) is 22.6. The molecule has 20 heavy (non-hydrogen) atoms. The molecule has 0 spiro atoms. The summed E-state index contributed by atoms with van der Waals surface area (Å²) in [5.74, 6) is -0.235. The highest BCUT2D eigenvalue weighted by atomic mass is 16.5. The molecule has 0 fully saturated rings. The first-order valence-corrected chi connectivity index (χ1v) is 6.80. The summed E-state index contributed by atoms with van der Waals surface area (Å²) >= 11 is 0. The Morgan fingerprint density at radius 1 is 1.35 bits per heavy atom. The van der Waals surface area contributed by atoms with Gasteiger partial charge in [0.15, 0.2) is 0 Å². The fourth-order valence-corrected chi connectivity index (χ4v) is 2.23. The highest BCUT2D eigenvalue weighted by molar-refractivity contribution is 5.69. The molecule has 1 aliphatic carbocycles. The van der Waals surface area contributed by atoms with Gasteiger partial charge in [0.25, 0.3) is 0 Å². The topological polar surface area (TPSA) is 44.8 Å². The molecule has 0 bridgehead atoms. The van der Waals surface area contributed by atoms with Gasteiger partial charge in [-0.25, -0.2) is 0 Å². The van der Waals surface area contributed by atoms with Crippen molar-refractivity contribution in [2.75, 3.05) is 20.8 Å². The monoisotopic (exact) mass is 280 g/mol. The molecule has 0 N–H and O–H groups in total. The van der Waals surface area contributed by atoms with E-state index in [1.807, 2.05) is 31.2 Å². The fraction of sp³-hybridized carbons (Fsp3) is 0.562. The maximum absolute atomic E-state index is 11.3. The molecule has 1 rings (SSSR count). The molecule has 0 aromatic heterocycles. The summed E-state index contributed by atoms with van der Waals surface area (Å²) in [6, 6.07) is 0. The third kappa shape index (κ3) is 4.62. The lowest BCUT2D eigenvalue weighted by molar-refractivity contribution is -0.140. The number of hydrogen-bond donors (Lipinski definition) is 0. The van der Waals surface area contributed by atoms with Gasteiger partial charge in [-0.3, -0.25) is 4.79 Å². The summed E-state index contributed by atoms with van der Waals surface area (Å²) in [7, 11) is 3.04. The van der Waals surface area contributed by atoms with Crippen molar-refractivity contribution in [3.63, 3.8) is 0 Å². The number of hydrogen-bond acceptors (Lipinski definition) is 4. The molecular formula is C16H24O4. The summed E-state index contributed by atoms with van der Waals surface area (Å²) in [5.41, 5.74) is 0.326. The Morgan fingerprint density at radius 2 is 2.10 bits per heavy atom. The number of carbonyl (C=O) groups excluding carboxylic acids is 1. The van der Waals surface area contributed by atoms with E-state index in [0.29, 0.717) is 19.4 Å². The molecule has 2 atom stereocenters. The largest absolute Gasteiger partial charge is 0.469 e. The first-order valence-electron chi connectivity index (χ1n) is 6.80. The van der Waals surface area contributed by atoms with E-state index in [0.717, 1.165) is 12.0 Å². The Labute approximate surface area is 121 Å². The summed E-state index contributed by atoms with van der Waals surface area (Å²) in [6.07, 6.45) is 9.51. The van der Waals surface area contributed by atoms with Crippen molar-refractivity contribution in [1.29, 1.82) is 0 Å². The average Bonchev–Trinajstić information content (AvgIpc) is 2.45. The first kappa shape index (κ1) is 16.7. The van der Waals surface area contributed by atoms with Crippen LogP contribution in [0.5, 0.6) is 0 Å². The van der Waals surface area contributed by atoms with E-state index >= 15 is 0 Å². The van der Waals surface area contributed by atoms with Crippen LogP contribution in [0.4, 0.5) is 0 Å². The van der Waals surface area contributed by atoms with E-state index in [4.69, 9.17) is 9.47 Å². The second-order valence-electron chi connectivity index (χ2n) is 4.94. The van der Waals surface area contributed by atoms with Crippen molar-refractivity contribution >= 4 is 5.97 Å². The summed E-state index contributed by atoms with van der Waals surface area (Å²) in [4.78, 5) is 11.3. The first-order chi connectivity index (χ1) is 9.54. The standard InChI is InChI=1S/C16H24O4/c1-13(8-9-15(17)19-4)16(10-6-5-7-11-16)20-14(2)12-18-3/h5-7,10,14H,1,8-9,11-12H2,2-4H3. The van der Waals surface area contributed by atoms with Crippen molar-refractivity contribution < 1.29 is 19.0 Å². The minimum atomic E-state index is -0.555. The predicted molar refractivity (Wildman–Crippen MR) is 78.4 cm³/mol. The number of methoxy groups -OCH3 is 2. The van der Waals surface area contributed by atoms with Crippen LogP contribution >= 0.6 is 0 Å². The quantitative estimate of drug-likeness (QED) is 0.506. The van der Waals surface area contributed by atoms with E-state index in [1.54, 1.807) is 7.11 Å². The molecule has 0 aromatic rings. The van der Waals surface area contributed by atoms with E-state index in [9.17, 15) is 4.79 Å². The molecule has 0 saturated carbocycles. The molecule has 0 aromatic carbocycles. The zero-order valence-corrected chi connectivity index (χ0v) is 12.6. The highest BCUT2D eigenvalue weighted by Gasteiger charge is 2.33. The van der Waals surface area contributed by atoms with Crippen LogP contribution in [-0.4, -0.2) is 38.5 Å². The predicted octanol–water partition coefficient (Wildman–Crippen LogP) is 2.80. The number of allylic oxidation sites excluding steroid dienone is 2. The zero-order chi connectivity index (χ0) is 15.0. The Bertz CT molecular complexity index is 397. The Morgan fingerprint density at radius 3 is 2.65 bits per heavy atom. The van der Waals surface area contributed by atoms with Crippen LogP contribution in [0.2, 0.25) is 0 Å². The van der Waals surface area contributed by atoms with Gasteiger partial charge in [0.05, 0.1) is 19.8 Å². The van der Waals surface area contributed by atoms with E-state index in [2.05, 4.69) is 11.3 Å². The van der Waals surface area contributed by atoms with Crippen LogP contribution in [0.1, 0.15) is 26.2 Å². The van der Waals surface area contributed by atoms with Gasteiger partial charge in [-0.1, -0.05) is 24.8 Å². The SMILES string of the molecule is C=C(CCC(=O)OC)C1(OC(C)COC)C=CC=CC1. The third-order valence-electron chi connectivity index (χ3n) is 3.30. The maximum atomic E-state index is 11.3. The lowest BCUT2D eigenvalue weighted by atomic mass is 9.85. The lowest BCUT2D eigenvalue weighted by Crippen LogP contribution is -2.38.